The lowest BCUT2D eigenvalue weighted by Gasteiger charge is -2.23. The molecule has 2 unspecified atom stereocenters. The number of carbonyl (C=O) groups excluding carboxylic acids is 1. The molecule has 4 nitrogen and oxygen atoms in total. The van der Waals surface area contributed by atoms with E-state index in [1.165, 1.54) is 12.1 Å². The normalized spacial score (nSPS) is 21.5. The number of amides is 1. The van der Waals surface area contributed by atoms with Gasteiger partial charge in [-0.1, -0.05) is 12.1 Å². The molecule has 0 aromatic heterocycles. The second-order valence-corrected chi connectivity index (χ2v) is 4.27. The van der Waals surface area contributed by atoms with E-state index in [0.29, 0.717) is 6.54 Å². The van der Waals surface area contributed by atoms with E-state index >= 15 is 0 Å². The largest absolute Gasteiger partial charge is 0.447 e. The van der Waals surface area contributed by atoms with Gasteiger partial charge in [-0.25, -0.2) is 9.18 Å². The highest BCUT2D eigenvalue weighted by Crippen LogP contribution is 2.27. The van der Waals surface area contributed by atoms with Crippen LogP contribution in [0.15, 0.2) is 24.3 Å². The third kappa shape index (κ3) is 2.55. The number of carbonyl (C=O) groups is 1. The first kappa shape index (κ1) is 11.9. The van der Waals surface area contributed by atoms with Crippen molar-refractivity contribution in [3.8, 4) is 0 Å². The van der Waals surface area contributed by atoms with Crippen LogP contribution in [0.2, 0.25) is 0 Å². The van der Waals surface area contributed by atoms with E-state index in [1.807, 2.05) is 6.92 Å². The van der Waals surface area contributed by atoms with Crippen LogP contribution in [0.5, 0.6) is 0 Å². The highest BCUT2D eigenvalue weighted by molar-refractivity contribution is 5.70. The average Bonchev–Trinajstić information content (AvgIpc) is 2.61. The Kier molecular flexibility index (Phi) is 3.28. The molecule has 2 rings (SSSR count). The predicted molar refractivity (Wildman–Crippen MR) is 60.8 cm³/mol. The number of nitrogens with two attached hydrogens (primary N) is 1. The summed E-state index contributed by atoms with van der Waals surface area (Å²) in [7, 11) is 0. The molecule has 1 heterocycles. The van der Waals surface area contributed by atoms with Crippen LogP contribution in [0, 0.1) is 5.82 Å². The molecule has 1 amide bonds. The molecule has 2 N–H and O–H groups in total. The molecule has 1 saturated heterocycles. The summed E-state index contributed by atoms with van der Waals surface area (Å²) in [5.74, 6) is -0.294. The molecule has 5 heteroatoms. The monoisotopic (exact) mass is 238 g/mol. The Morgan fingerprint density at radius 2 is 2.18 bits per heavy atom. The minimum Gasteiger partial charge on any atom is -0.447 e. The number of halogens is 1. The third-order valence-electron chi connectivity index (χ3n) is 2.71. The fourth-order valence-corrected chi connectivity index (χ4v) is 1.92. The second kappa shape index (κ2) is 4.71. The van der Waals surface area contributed by atoms with Gasteiger partial charge in [-0.05, 0) is 24.6 Å². The summed E-state index contributed by atoms with van der Waals surface area (Å²) < 4.78 is 17.8. The molecule has 0 saturated carbocycles. The number of ether oxygens (including phenoxy) is 1. The number of cyclic esters (lactones) is 1. The number of hydrogen-bond acceptors (Lipinski definition) is 3. The summed E-state index contributed by atoms with van der Waals surface area (Å²) in [4.78, 5) is 13.1. The van der Waals surface area contributed by atoms with Crippen molar-refractivity contribution in [2.24, 2.45) is 5.73 Å². The van der Waals surface area contributed by atoms with Crippen LogP contribution in [0.1, 0.15) is 18.5 Å². The molecule has 0 aliphatic carbocycles. The first-order valence-corrected chi connectivity index (χ1v) is 5.52. The van der Waals surface area contributed by atoms with Gasteiger partial charge in [0.25, 0.3) is 0 Å². The van der Waals surface area contributed by atoms with Gasteiger partial charge < -0.3 is 10.5 Å². The third-order valence-corrected chi connectivity index (χ3v) is 2.71. The zero-order valence-corrected chi connectivity index (χ0v) is 9.60. The standard InChI is InChI=1S/C12H15FN2O2/c1-8(14)6-15-11(7-17-12(15)16)9-2-4-10(13)5-3-9/h2-5,8,11H,6-7,14H2,1H3. The van der Waals surface area contributed by atoms with Gasteiger partial charge in [0.2, 0.25) is 0 Å². The maximum atomic E-state index is 12.8. The second-order valence-electron chi connectivity index (χ2n) is 4.27. The van der Waals surface area contributed by atoms with Crippen LogP contribution in [0.4, 0.5) is 9.18 Å². The molecule has 1 aromatic rings. The molecule has 0 spiro atoms. The zero-order valence-electron chi connectivity index (χ0n) is 9.60. The van der Waals surface area contributed by atoms with Gasteiger partial charge in [-0.2, -0.15) is 0 Å². The summed E-state index contributed by atoms with van der Waals surface area (Å²) in [5.41, 5.74) is 6.55. The molecule has 92 valence electrons. The van der Waals surface area contributed by atoms with Gasteiger partial charge in [-0.15, -0.1) is 0 Å². The van der Waals surface area contributed by atoms with Crippen molar-refractivity contribution in [1.29, 1.82) is 0 Å². The van der Waals surface area contributed by atoms with Crippen LogP contribution in [-0.2, 0) is 4.74 Å². The lowest BCUT2D eigenvalue weighted by molar-refractivity contribution is 0.156. The molecule has 0 bridgehead atoms. The Morgan fingerprint density at radius 1 is 1.53 bits per heavy atom. The van der Waals surface area contributed by atoms with E-state index in [2.05, 4.69) is 0 Å². The van der Waals surface area contributed by atoms with Gasteiger partial charge >= 0.3 is 6.09 Å². The Bertz CT molecular complexity index is 405. The first-order valence-electron chi connectivity index (χ1n) is 5.52. The molecular weight excluding hydrogens is 223 g/mol. The average molecular weight is 238 g/mol. The van der Waals surface area contributed by atoms with Crippen molar-refractivity contribution >= 4 is 6.09 Å². The summed E-state index contributed by atoms with van der Waals surface area (Å²) in [6.45, 7) is 2.55. The Hall–Kier alpha value is -1.62. The highest BCUT2D eigenvalue weighted by atomic mass is 19.1. The van der Waals surface area contributed by atoms with Gasteiger partial charge in [0.05, 0.1) is 6.04 Å². The van der Waals surface area contributed by atoms with E-state index in [-0.39, 0.29) is 30.6 Å². The Labute approximate surface area is 99.2 Å². The van der Waals surface area contributed by atoms with E-state index in [9.17, 15) is 9.18 Å². The molecule has 17 heavy (non-hydrogen) atoms. The van der Waals surface area contributed by atoms with Crippen molar-refractivity contribution in [2.45, 2.75) is 19.0 Å². The molecule has 1 aromatic carbocycles. The van der Waals surface area contributed by atoms with Crippen LogP contribution in [0.3, 0.4) is 0 Å². The van der Waals surface area contributed by atoms with Crippen LogP contribution >= 0.6 is 0 Å². The van der Waals surface area contributed by atoms with Crippen molar-refractivity contribution in [3.05, 3.63) is 35.6 Å². The molecule has 1 aliphatic rings. The van der Waals surface area contributed by atoms with Crippen LogP contribution < -0.4 is 5.73 Å². The minimum absolute atomic E-state index is 0.122. The SMILES string of the molecule is CC(N)CN1C(=O)OCC1c1ccc(F)cc1. The first-order chi connectivity index (χ1) is 8.08. The summed E-state index contributed by atoms with van der Waals surface area (Å²) in [5, 5.41) is 0. The topological polar surface area (TPSA) is 55.6 Å². The predicted octanol–water partition coefficient (Wildman–Crippen LogP) is 1.67. The smallest absolute Gasteiger partial charge is 0.410 e. The van der Waals surface area contributed by atoms with Gasteiger partial charge in [0, 0.05) is 12.6 Å². The van der Waals surface area contributed by atoms with Crippen molar-refractivity contribution < 1.29 is 13.9 Å². The quantitative estimate of drug-likeness (QED) is 0.871. The highest BCUT2D eigenvalue weighted by Gasteiger charge is 2.34. The van der Waals surface area contributed by atoms with Crippen molar-refractivity contribution in [1.82, 2.24) is 4.90 Å². The summed E-state index contributed by atoms with van der Waals surface area (Å²) in [6.07, 6.45) is -0.364. The number of nitrogens with zero attached hydrogens (tertiary/aromatic N) is 1. The molecule has 1 fully saturated rings. The number of benzene rings is 1. The molecule has 1 aliphatic heterocycles. The fourth-order valence-electron chi connectivity index (χ4n) is 1.92. The van der Waals surface area contributed by atoms with Crippen molar-refractivity contribution in [2.75, 3.05) is 13.2 Å². The van der Waals surface area contributed by atoms with Gasteiger partial charge in [0.15, 0.2) is 0 Å². The maximum Gasteiger partial charge on any atom is 0.410 e. The lowest BCUT2D eigenvalue weighted by Crippen LogP contribution is -2.37. The Morgan fingerprint density at radius 3 is 2.76 bits per heavy atom. The minimum atomic E-state index is -0.364. The van der Waals surface area contributed by atoms with Gasteiger partial charge in [-0.3, -0.25) is 4.90 Å². The van der Waals surface area contributed by atoms with E-state index < -0.39 is 0 Å². The summed E-state index contributed by atoms with van der Waals surface area (Å²) in [6, 6.07) is 5.79. The summed E-state index contributed by atoms with van der Waals surface area (Å²) >= 11 is 0. The van der Waals surface area contributed by atoms with E-state index in [0.717, 1.165) is 5.56 Å². The van der Waals surface area contributed by atoms with Crippen molar-refractivity contribution in [3.63, 3.8) is 0 Å². The van der Waals surface area contributed by atoms with Crippen LogP contribution in [0.25, 0.3) is 0 Å². The van der Waals surface area contributed by atoms with Gasteiger partial charge in [0.1, 0.15) is 12.4 Å². The number of hydrogen-bond donors (Lipinski definition) is 1. The lowest BCUT2D eigenvalue weighted by atomic mass is 10.1. The zero-order chi connectivity index (χ0) is 12.4. The Balaban J connectivity index is 2.19. The maximum absolute atomic E-state index is 12.8. The molecular formula is C12H15FN2O2. The fraction of sp³-hybridized carbons (Fsp3) is 0.417. The molecule has 0 radical (unpaired) electrons. The van der Waals surface area contributed by atoms with E-state index in [4.69, 9.17) is 10.5 Å². The molecule has 2 atom stereocenters. The van der Waals surface area contributed by atoms with E-state index in [1.54, 1.807) is 17.0 Å². The number of rotatable bonds is 3. The van der Waals surface area contributed by atoms with Crippen LogP contribution in [-0.4, -0.2) is 30.2 Å².